The van der Waals surface area contributed by atoms with Gasteiger partial charge in [-0.05, 0) is 25.2 Å². The lowest BCUT2D eigenvalue weighted by Gasteiger charge is -2.42. The summed E-state index contributed by atoms with van der Waals surface area (Å²) in [5.41, 5.74) is 0. The summed E-state index contributed by atoms with van der Waals surface area (Å²) in [6.07, 6.45) is 10.2. The summed E-state index contributed by atoms with van der Waals surface area (Å²) < 4.78 is 1.94. The Labute approximate surface area is 137 Å². The van der Waals surface area contributed by atoms with Crippen LogP contribution in [-0.2, 0) is 16.1 Å². The topological polar surface area (TPSA) is 58.4 Å². The number of imidazole rings is 1. The summed E-state index contributed by atoms with van der Waals surface area (Å²) in [4.78, 5) is 32.4. The van der Waals surface area contributed by atoms with Crippen LogP contribution in [0.3, 0.4) is 0 Å². The van der Waals surface area contributed by atoms with E-state index < -0.39 is 0 Å². The van der Waals surface area contributed by atoms with Crippen molar-refractivity contribution in [2.75, 3.05) is 19.6 Å². The summed E-state index contributed by atoms with van der Waals surface area (Å²) in [6, 6.07) is 0.327. The van der Waals surface area contributed by atoms with E-state index in [9.17, 15) is 9.59 Å². The number of nitrogens with zero attached hydrogens (tertiary/aromatic N) is 4. The molecule has 0 bridgehead atoms. The molecule has 0 unspecified atom stereocenters. The number of piperidine rings is 1. The molecule has 2 saturated heterocycles. The fraction of sp³-hybridized carbons (Fsp3) is 0.706. The maximum absolute atomic E-state index is 12.5. The number of hydrogen-bond donors (Lipinski definition) is 0. The Morgan fingerprint density at radius 1 is 1.22 bits per heavy atom. The van der Waals surface area contributed by atoms with E-state index in [1.807, 2.05) is 20.6 Å². The summed E-state index contributed by atoms with van der Waals surface area (Å²) in [7, 11) is 0. The van der Waals surface area contributed by atoms with E-state index in [-0.39, 0.29) is 11.8 Å². The lowest BCUT2D eigenvalue weighted by Crippen LogP contribution is -2.53. The minimum absolute atomic E-state index is 0.182. The molecule has 2 atom stereocenters. The third-order valence-corrected chi connectivity index (χ3v) is 5.22. The van der Waals surface area contributed by atoms with Crippen molar-refractivity contribution < 1.29 is 9.59 Å². The van der Waals surface area contributed by atoms with Crippen molar-refractivity contribution in [3.05, 3.63) is 18.7 Å². The number of aromatic nitrogens is 2. The molecule has 3 rings (SSSR count). The molecule has 0 N–H and O–H groups in total. The molecule has 3 heterocycles. The first kappa shape index (κ1) is 16.0. The van der Waals surface area contributed by atoms with E-state index in [2.05, 4.69) is 4.98 Å². The summed E-state index contributed by atoms with van der Waals surface area (Å²) in [6.45, 7) is 4.81. The largest absolute Gasteiger partial charge is 0.342 e. The molecule has 2 aliphatic heterocycles. The molecule has 6 heteroatoms. The minimum Gasteiger partial charge on any atom is -0.342 e. The van der Waals surface area contributed by atoms with E-state index in [4.69, 9.17) is 0 Å². The lowest BCUT2D eigenvalue weighted by molar-refractivity contribution is -0.137. The third-order valence-electron chi connectivity index (χ3n) is 5.22. The smallest absolute Gasteiger partial charge is 0.224 e. The quantitative estimate of drug-likeness (QED) is 0.849. The maximum Gasteiger partial charge on any atom is 0.224 e. The molecule has 2 amide bonds. The van der Waals surface area contributed by atoms with Gasteiger partial charge < -0.3 is 14.4 Å². The van der Waals surface area contributed by atoms with Crippen LogP contribution in [-0.4, -0.2) is 56.8 Å². The highest BCUT2D eigenvalue weighted by molar-refractivity contribution is 5.76. The molecule has 0 spiro atoms. The molecule has 0 aromatic carbocycles. The number of fused-ring (bicyclic) bond motifs is 1. The molecule has 0 aliphatic carbocycles. The van der Waals surface area contributed by atoms with Crippen molar-refractivity contribution in [3.8, 4) is 0 Å². The van der Waals surface area contributed by atoms with Gasteiger partial charge in [0.05, 0.1) is 6.33 Å². The van der Waals surface area contributed by atoms with E-state index in [1.54, 1.807) is 19.4 Å². The molecule has 1 aromatic heterocycles. The van der Waals surface area contributed by atoms with Crippen LogP contribution >= 0.6 is 0 Å². The van der Waals surface area contributed by atoms with Gasteiger partial charge in [0.2, 0.25) is 11.8 Å². The highest BCUT2D eigenvalue weighted by Crippen LogP contribution is 2.30. The zero-order valence-corrected chi connectivity index (χ0v) is 13.9. The second-order valence-electron chi connectivity index (χ2n) is 6.71. The molecular weight excluding hydrogens is 292 g/mol. The van der Waals surface area contributed by atoms with Crippen LogP contribution < -0.4 is 0 Å². The summed E-state index contributed by atoms with van der Waals surface area (Å²) in [5, 5.41) is 0. The first-order chi connectivity index (χ1) is 11.1. The zero-order chi connectivity index (χ0) is 16.2. The van der Waals surface area contributed by atoms with Gasteiger partial charge in [-0.15, -0.1) is 0 Å². The Hall–Kier alpha value is -1.85. The van der Waals surface area contributed by atoms with Crippen LogP contribution in [0.15, 0.2) is 18.7 Å². The van der Waals surface area contributed by atoms with Crippen LogP contribution in [0.4, 0.5) is 0 Å². The van der Waals surface area contributed by atoms with Gasteiger partial charge in [0.1, 0.15) is 0 Å². The molecular formula is C17H26N4O2. The van der Waals surface area contributed by atoms with Crippen molar-refractivity contribution in [2.24, 2.45) is 5.92 Å². The SMILES string of the molecule is CC(=O)N1CCCC[C@H]2CN(C(=O)CCn3ccnc3)CC[C@H]21. The zero-order valence-electron chi connectivity index (χ0n) is 13.9. The van der Waals surface area contributed by atoms with Crippen molar-refractivity contribution in [3.63, 3.8) is 0 Å². The van der Waals surface area contributed by atoms with Crippen LogP contribution in [0, 0.1) is 5.92 Å². The number of aryl methyl sites for hydroxylation is 1. The van der Waals surface area contributed by atoms with Gasteiger partial charge in [0.15, 0.2) is 0 Å². The fourth-order valence-corrected chi connectivity index (χ4v) is 3.99. The standard InChI is InChI=1S/C17H26N4O2/c1-14(22)21-8-3-2-4-15-12-20(10-5-16(15)21)17(23)6-9-19-11-7-18-13-19/h7,11,13,15-16H,2-6,8-10,12H2,1H3/t15-,16+/m0/s1. The average Bonchev–Trinajstić information content (AvgIpc) is 2.97. The van der Waals surface area contributed by atoms with E-state index in [0.717, 1.165) is 45.3 Å². The van der Waals surface area contributed by atoms with E-state index in [1.165, 1.54) is 0 Å². The average molecular weight is 318 g/mol. The first-order valence-corrected chi connectivity index (χ1v) is 8.66. The predicted molar refractivity (Wildman–Crippen MR) is 86.6 cm³/mol. The Morgan fingerprint density at radius 3 is 2.83 bits per heavy atom. The van der Waals surface area contributed by atoms with E-state index >= 15 is 0 Å². The monoisotopic (exact) mass is 318 g/mol. The van der Waals surface area contributed by atoms with Crippen molar-refractivity contribution in [2.45, 2.75) is 51.6 Å². The van der Waals surface area contributed by atoms with Gasteiger partial charge in [-0.25, -0.2) is 4.98 Å². The van der Waals surface area contributed by atoms with Gasteiger partial charge in [0, 0.05) is 58.0 Å². The Balaban J connectivity index is 1.58. The Morgan fingerprint density at radius 2 is 2.09 bits per heavy atom. The van der Waals surface area contributed by atoms with Gasteiger partial charge in [-0.3, -0.25) is 9.59 Å². The maximum atomic E-state index is 12.5. The summed E-state index contributed by atoms with van der Waals surface area (Å²) >= 11 is 0. The number of amides is 2. The number of carbonyl (C=O) groups excluding carboxylic acids is 2. The highest BCUT2D eigenvalue weighted by Gasteiger charge is 2.36. The van der Waals surface area contributed by atoms with Gasteiger partial charge in [-0.2, -0.15) is 0 Å². The Kier molecular flexibility index (Phi) is 4.98. The van der Waals surface area contributed by atoms with Crippen LogP contribution in [0.2, 0.25) is 0 Å². The van der Waals surface area contributed by atoms with Gasteiger partial charge in [-0.1, -0.05) is 6.42 Å². The van der Waals surface area contributed by atoms with Crippen LogP contribution in [0.1, 0.15) is 39.0 Å². The third kappa shape index (κ3) is 3.74. The molecule has 6 nitrogen and oxygen atoms in total. The highest BCUT2D eigenvalue weighted by atomic mass is 16.2. The molecule has 2 aliphatic rings. The first-order valence-electron chi connectivity index (χ1n) is 8.66. The fourth-order valence-electron chi connectivity index (χ4n) is 3.99. The van der Waals surface area contributed by atoms with E-state index in [0.29, 0.717) is 24.9 Å². The molecule has 0 radical (unpaired) electrons. The molecule has 23 heavy (non-hydrogen) atoms. The van der Waals surface area contributed by atoms with Crippen molar-refractivity contribution in [1.82, 2.24) is 19.4 Å². The molecule has 1 aromatic rings. The summed E-state index contributed by atoms with van der Waals surface area (Å²) in [5.74, 6) is 0.838. The number of likely N-dealkylation sites (tertiary alicyclic amines) is 2. The molecule has 0 saturated carbocycles. The van der Waals surface area contributed by atoms with Crippen LogP contribution in [0.5, 0.6) is 0 Å². The van der Waals surface area contributed by atoms with Crippen molar-refractivity contribution in [1.29, 1.82) is 0 Å². The number of carbonyl (C=O) groups is 2. The molecule has 126 valence electrons. The van der Waals surface area contributed by atoms with Crippen molar-refractivity contribution >= 4 is 11.8 Å². The second kappa shape index (κ2) is 7.15. The lowest BCUT2D eigenvalue weighted by atomic mass is 9.88. The normalized spacial score (nSPS) is 24.9. The minimum atomic E-state index is 0.182. The predicted octanol–water partition coefficient (Wildman–Crippen LogP) is 1.52. The van der Waals surface area contributed by atoms with Gasteiger partial charge >= 0.3 is 0 Å². The van der Waals surface area contributed by atoms with Gasteiger partial charge in [0.25, 0.3) is 0 Å². The Bertz CT molecular complexity index is 543. The van der Waals surface area contributed by atoms with Crippen LogP contribution in [0.25, 0.3) is 0 Å². The second-order valence-corrected chi connectivity index (χ2v) is 6.71. The number of hydrogen-bond acceptors (Lipinski definition) is 3. The number of rotatable bonds is 3. The molecule has 2 fully saturated rings.